The van der Waals surface area contributed by atoms with Crippen molar-refractivity contribution in [2.45, 2.75) is 22.7 Å². The molecule has 4 nitrogen and oxygen atoms in total. The molecule has 0 saturated heterocycles. The van der Waals surface area contributed by atoms with Gasteiger partial charge in [-0.15, -0.1) is 0 Å². The van der Waals surface area contributed by atoms with Crippen molar-refractivity contribution < 1.29 is 0 Å². The summed E-state index contributed by atoms with van der Waals surface area (Å²) in [5.41, 5.74) is 36.2. The van der Waals surface area contributed by atoms with Gasteiger partial charge in [-0.1, -0.05) is 340 Å². The number of fused-ring (bicyclic) bond motifs is 6. The topological polar surface area (TPSA) is 51.6 Å². The van der Waals surface area contributed by atoms with Crippen LogP contribution in [-0.2, 0) is 10.8 Å². The van der Waals surface area contributed by atoms with Gasteiger partial charge in [-0.3, -0.25) is 0 Å². The van der Waals surface area contributed by atoms with Gasteiger partial charge in [0.2, 0.25) is 0 Å². The van der Waals surface area contributed by atoms with E-state index in [1.807, 2.05) is 0 Å². The first-order valence-corrected chi connectivity index (χ1v) is 36.7. The minimum atomic E-state index is -0.510. The summed E-state index contributed by atoms with van der Waals surface area (Å²) in [7, 11) is 0. The lowest BCUT2D eigenvalue weighted by molar-refractivity contribution is 0.755. The van der Waals surface area contributed by atoms with E-state index in [2.05, 4.69) is 388 Å². The second-order valence-corrected chi connectivity index (χ2v) is 28.6. The molecular formula is C102H66N4. The highest BCUT2D eigenvalue weighted by Gasteiger charge is 2.48. The number of benzene rings is 15. The van der Waals surface area contributed by atoms with Crippen molar-refractivity contribution in [3.05, 3.63) is 466 Å². The third-order valence-corrected chi connectivity index (χ3v) is 23.0. The molecule has 0 N–H and O–H groups in total. The van der Waals surface area contributed by atoms with Crippen molar-refractivity contribution >= 4 is 0 Å². The Bertz CT molecular complexity index is 5860. The largest absolute Gasteiger partial charge is 0.228 e. The van der Waals surface area contributed by atoms with E-state index >= 15 is 0 Å². The van der Waals surface area contributed by atoms with Gasteiger partial charge in [-0.25, -0.2) is 19.9 Å². The van der Waals surface area contributed by atoms with Crippen LogP contribution in [0.4, 0.5) is 0 Å². The molecule has 0 spiro atoms. The fraction of sp³-hybridized carbons (Fsp3) is 0.0392. The van der Waals surface area contributed by atoms with E-state index in [-0.39, 0.29) is 11.8 Å². The molecule has 15 aromatic carbocycles. The molecule has 106 heavy (non-hydrogen) atoms. The van der Waals surface area contributed by atoms with Gasteiger partial charge in [-0.2, -0.15) is 0 Å². The summed E-state index contributed by atoms with van der Waals surface area (Å²) in [6.07, 6.45) is 0. The van der Waals surface area contributed by atoms with Gasteiger partial charge in [0.05, 0.1) is 33.6 Å². The SMILES string of the molecule is c1ccc(-c2nc(-c3cccc(-c4ccc5c(c4)C(c4ccccc4)(c4ccccc4)c4ccccc4-5)c3)cc(-c3ccc4c(c3)C3c5ccccc5C4c4cc(-c5cc(-c6cccc(-c7ccc8c(c7)C(c7ccccc7)(c7ccccc7)c7ccccc7-8)c6)nc(-c6ccccc6)n5)ccc43)n2)cc1. The summed E-state index contributed by atoms with van der Waals surface area (Å²) < 4.78 is 0. The number of aromatic nitrogens is 4. The maximum Gasteiger partial charge on any atom is 0.160 e. The zero-order chi connectivity index (χ0) is 69.9. The van der Waals surface area contributed by atoms with Crippen LogP contribution >= 0.6 is 0 Å². The second-order valence-electron chi connectivity index (χ2n) is 28.6. The fourth-order valence-electron chi connectivity index (χ4n) is 18.4. The molecule has 0 amide bonds. The fourth-order valence-corrected chi connectivity index (χ4v) is 18.4. The Morgan fingerprint density at radius 2 is 0.443 bits per heavy atom. The Morgan fingerprint density at radius 1 is 0.170 bits per heavy atom. The second kappa shape index (κ2) is 24.6. The maximum atomic E-state index is 5.46. The molecule has 17 aromatic rings. The van der Waals surface area contributed by atoms with E-state index in [1.165, 1.54) is 100 Å². The first-order valence-electron chi connectivity index (χ1n) is 36.7. The molecular weight excluding hydrogens is 1280 g/mol. The zero-order valence-electron chi connectivity index (χ0n) is 57.9. The van der Waals surface area contributed by atoms with E-state index < -0.39 is 10.8 Å². The molecule has 4 heteroatoms. The van der Waals surface area contributed by atoms with Crippen LogP contribution in [0.1, 0.15) is 89.7 Å². The number of nitrogens with zero attached hydrogens (tertiary/aromatic N) is 4. The molecule has 5 aliphatic rings. The van der Waals surface area contributed by atoms with Crippen molar-refractivity contribution in [2.75, 3.05) is 0 Å². The van der Waals surface area contributed by atoms with Crippen LogP contribution in [0.5, 0.6) is 0 Å². The molecule has 2 atom stereocenters. The Hall–Kier alpha value is -13.5. The van der Waals surface area contributed by atoms with E-state index in [9.17, 15) is 0 Å². The van der Waals surface area contributed by atoms with Gasteiger partial charge >= 0.3 is 0 Å². The third-order valence-electron chi connectivity index (χ3n) is 23.0. The van der Waals surface area contributed by atoms with Crippen molar-refractivity contribution in [2.24, 2.45) is 0 Å². The van der Waals surface area contributed by atoms with Crippen LogP contribution in [0.2, 0.25) is 0 Å². The summed E-state index contributed by atoms with van der Waals surface area (Å²) >= 11 is 0. The van der Waals surface area contributed by atoms with Crippen LogP contribution in [0.15, 0.2) is 388 Å². The normalized spacial score (nSPS) is 14.8. The molecule has 0 radical (unpaired) electrons. The highest BCUT2D eigenvalue weighted by Crippen LogP contribution is 2.60. The summed E-state index contributed by atoms with van der Waals surface area (Å²) in [6.45, 7) is 0. The van der Waals surface area contributed by atoms with Crippen molar-refractivity contribution in [3.8, 4) is 112 Å². The quantitative estimate of drug-likeness (QED) is 0.122. The van der Waals surface area contributed by atoms with Crippen LogP contribution in [-0.4, -0.2) is 19.9 Å². The first-order chi connectivity index (χ1) is 52.5. The molecule has 22 rings (SSSR count). The van der Waals surface area contributed by atoms with Crippen molar-refractivity contribution in [3.63, 3.8) is 0 Å². The van der Waals surface area contributed by atoms with Gasteiger partial charge < -0.3 is 0 Å². The molecule has 2 unspecified atom stereocenters. The van der Waals surface area contributed by atoms with Crippen LogP contribution in [0.3, 0.4) is 0 Å². The minimum absolute atomic E-state index is 0.00285. The van der Waals surface area contributed by atoms with E-state index in [0.29, 0.717) is 11.6 Å². The molecule has 0 fully saturated rings. The lowest BCUT2D eigenvalue weighted by Crippen LogP contribution is -2.28. The zero-order valence-corrected chi connectivity index (χ0v) is 57.9. The minimum Gasteiger partial charge on any atom is -0.228 e. The lowest BCUT2D eigenvalue weighted by atomic mass is 9.60. The summed E-state index contributed by atoms with van der Waals surface area (Å²) in [5, 5.41) is 0. The highest BCUT2D eigenvalue weighted by atomic mass is 14.9. The average Bonchev–Trinajstić information content (AvgIpc) is 1.07. The summed E-state index contributed by atoms with van der Waals surface area (Å²) in [5.74, 6) is 1.36. The highest BCUT2D eigenvalue weighted by molar-refractivity contribution is 5.91. The Morgan fingerprint density at radius 3 is 0.821 bits per heavy atom. The molecule has 5 aliphatic carbocycles. The summed E-state index contributed by atoms with van der Waals surface area (Å²) in [4.78, 5) is 21.8. The molecule has 2 heterocycles. The molecule has 0 aliphatic heterocycles. The van der Waals surface area contributed by atoms with Gasteiger partial charge in [0.25, 0.3) is 0 Å². The Labute approximate surface area is 617 Å². The Balaban J connectivity index is 0.647. The first kappa shape index (κ1) is 61.2. The van der Waals surface area contributed by atoms with Crippen LogP contribution in [0, 0.1) is 0 Å². The smallest absolute Gasteiger partial charge is 0.160 e. The number of hydrogen-bond donors (Lipinski definition) is 0. The molecule has 0 saturated carbocycles. The average molecular weight is 1350 g/mol. The van der Waals surface area contributed by atoms with Gasteiger partial charge in [0, 0.05) is 45.2 Å². The molecule has 2 bridgehead atoms. The number of rotatable bonds is 12. The van der Waals surface area contributed by atoms with Crippen molar-refractivity contribution in [1.29, 1.82) is 0 Å². The monoisotopic (exact) mass is 1350 g/mol. The number of hydrogen-bond acceptors (Lipinski definition) is 4. The van der Waals surface area contributed by atoms with E-state index in [1.54, 1.807) is 0 Å². The predicted molar refractivity (Wildman–Crippen MR) is 430 cm³/mol. The summed E-state index contributed by atoms with van der Waals surface area (Å²) in [6, 6.07) is 143. The molecule has 494 valence electrons. The predicted octanol–water partition coefficient (Wildman–Crippen LogP) is 24.3. The van der Waals surface area contributed by atoms with Gasteiger partial charge in [0.1, 0.15) is 0 Å². The standard InChI is InChI=1S/C102H66N4/c1-7-27-65(28-8-1)99-103-93(71-33-25-31-67(57-71)69-49-53-81-79-43-21-23-47-89(79)101(91(81)61-69,75-35-11-3-12-36-75)76-37-13-4-14-38-76)63-95(105-99)73-51-55-85-87(59-73)97-83-45-19-20-46-84(83)98(85)88-60-74(52-56-86(88)97)96-64-94(104-100(106-96)66-29-9-2-10-30-66)72-34-26-32-68(58-72)70-50-54-82-80-44-22-24-48-90(80)102(92(82)62-70,77-39-15-5-16-40-77)78-41-17-6-18-42-78/h1-64,97-98H. The molecule has 2 aromatic heterocycles. The van der Waals surface area contributed by atoms with Crippen LogP contribution < -0.4 is 0 Å². The Kier molecular flexibility index (Phi) is 14.2. The van der Waals surface area contributed by atoms with Crippen molar-refractivity contribution in [1.82, 2.24) is 19.9 Å². The maximum absolute atomic E-state index is 5.46. The van der Waals surface area contributed by atoms with Crippen LogP contribution in [0.25, 0.3) is 112 Å². The van der Waals surface area contributed by atoms with E-state index in [4.69, 9.17) is 19.9 Å². The third kappa shape index (κ3) is 9.54. The van der Waals surface area contributed by atoms with E-state index in [0.717, 1.165) is 78.4 Å². The lowest BCUT2D eigenvalue weighted by Gasteiger charge is -2.42. The van der Waals surface area contributed by atoms with Gasteiger partial charge in [0.15, 0.2) is 11.6 Å². The van der Waals surface area contributed by atoms with Gasteiger partial charge in [-0.05, 0) is 171 Å².